The summed E-state index contributed by atoms with van der Waals surface area (Å²) < 4.78 is 24.7. The van der Waals surface area contributed by atoms with Crippen molar-refractivity contribution in [2.24, 2.45) is 0 Å². The van der Waals surface area contributed by atoms with Crippen LogP contribution in [0.25, 0.3) is 0 Å². The van der Waals surface area contributed by atoms with Crippen molar-refractivity contribution in [1.29, 1.82) is 0 Å². The lowest BCUT2D eigenvalue weighted by Crippen LogP contribution is -2.99. The summed E-state index contributed by atoms with van der Waals surface area (Å²) in [5.41, 5.74) is -0.188. The van der Waals surface area contributed by atoms with Crippen molar-refractivity contribution in [3.63, 3.8) is 0 Å². The average molecular weight is 270 g/mol. The van der Waals surface area contributed by atoms with Gasteiger partial charge in [-0.1, -0.05) is 6.08 Å². The highest BCUT2D eigenvalue weighted by Gasteiger charge is 2.41. The summed E-state index contributed by atoms with van der Waals surface area (Å²) in [4.78, 5) is 11.6. The van der Waals surface area contributed by atoms with E-state index in [9.17, 15) is 18.4 Å². The van der Waals surface area contributed by atoms with Crippen molar-refractivity contribution in [2.75, 3.05) is 6.54 Å². The van der Waals surface area contributed by atoms with Gasteiger partial charge in [-0.25, -0.2) is 17.9 Å². The van der Waals surface area contributed by atoms with Gasteiger partial charge in [0.05, 0.1) is 12.1 Å². The van der Waals surface area contributed by atoms with Crippen LogP contribution >= 0.6 is 0 Å². The van der Waals surface area contributed by atoms with E-state index >= 15 is 0 Å². The molecule has 0 spiro atoms. The molecule has 1 aliphatic heterocycles. The van der Waals surface area contributed by atoms with Crippen molar-refractivity contribution < 1.29 is 23.6 Å². The number of benzene rings is 1. The Balaban J connectivity index is 2.62. The molecule has 0 fully saturated rings. The predicted octanol–water partition coefficient (Wildman–Crippen LogP) is -0.579. The Hall–Kier alpha value is -1.74. The van der Waals surface area contributed by atoms with Crippen LogP contribution in [0, 0.1) is 5.21 Å². The quantitative estimate of drug-likeness (QED) is 0.565. The summed E-state index contributed by atoms with van der Waals surface area (Å²) in [5.74, 6) is -0.665. The first-order chi connectivity index (χ1) is 8.39. The van der Waals surface area contributed by atoms with Crippen LogP contribution in [0.15, 0.2) is 35.7 Å². The zero-order chi connectivity index (χ0) is 13.5. The number of hydrogen-bond donors (Lipinski definition) is 2. The van der Waals surface area contributed by atoms with Crippen LogP contribution in [0.3, 0.4) is 0 Å². The Morgan fingerprint density at radius 1 is 1.50 bits per heavy atom. The van der Waals surface area contributed by atoms with E-state index in [1.807, 2.05) is 0 Å². The van der Waals surface area contributed by atoms with E-state index < -0.39 is 21.2 Å². The molecule has 1 heterocycles. The van der Waals surface area contributed by atoms with Crippen molar-refractivity contribution in [3.8, 4) is 0 Å². The molecule has 0 bridgehead atoms. The molecule has 96 valence electrons. The molecule has 18 heavy (non-hydrogen) atoms. The minimum Gasteiger partial charge on any atom is -0.595 e. The van der Waals surface area contributed by atoms with Crippen LogP contribution in [0.4, 0.5) is 5.69 Å². The van der Waals surface area contributed by atoms with Gasteiger partial charge in [-0.15, -0.1) is 6.58 Å². The van der Waals surface area contributed by atoms with Gasteiger partial charge in [0.15, 0.2) is 5.69 Å². The first-order valence-corrected chi connectivity index (χ1v) is 6.39. The molecule has 1 atom stereocenters. The van der Waals surface area contributed by atoms with Crippen LogP contribution in [-0.4, -0.2) is 30.4 Å². The van der Waals surface area contributed by atoms with Crippen molar-refractivity contribution >= 4 is 21.6 Å². The summed E-state index contributed by atoms with van der Waals surface area (Å²) in [6.07, 6.45) is 1.29. The molecule has 1 amide bonds. The highest BCUT2D eigenvalue weighted by atomic mass is 32.2. The first kappa shape index (κ1) is 12.7. The number of rotatable bonds is 3. The molecule has 1 aromatic carbocycles. The lowest BCUT2D eigenvalue weighted by atomic mass is 10.2. The van der Waals surface area contributed by atoms with Crippen LogP contribution in [-0.2, 0) is 10.0 Å². The lowest BCUT2D eigenvalue weighted by Gasteiger charge is -2.12. The fraction of sp³-hybridized carbons (Fsp3) is 0.100. The van der Waals surface area contributed by atoms with Gasteiger partial charge in [0.1, 0.15) is 4.90 Å². The van der Waals surface area contributed by atoms with E-state index in [2.05, 4.69) is 6.58 Å². The Bertz CT molecular complexity index is 623. The molecule has 1 unspecified atom stereocenters. The number of sulfonamides is 1. The molecule has 1 aromatic rings. The number of carbonyl (C=O) groups is 1. The van der Waals surface area contributed by atoms with Gasteiger partial charge in [0.25, 0.3) is 15.9 Å². The summed E-state index contributed by atoms with van der Waals surface area (Å²) in [5, 5.41) is 18.4. The second kappa shape index (κ2) is 4.18. The molecular weight excluding hydrogens is 260 g/mol. The van der Waals surface area contributed by atoms with E-state index in [-0.39, 0.29) is 22.7 Å². The van der Waals surface area contributed by atoms with Crippen molar-refractivity contribution in [2.45, 2.75) is 4.90 Å². The van der Waals surface area contributed by atoms with Gasteiger partial charge in [0.2, 0.25) is 0 Å². The third kappa shape index (κ3) is 1.71. The summed E-state index contributed by atoms with van der Waals surface area (Å²) >= 11 is 0. The number of hydrogen-bond acceptors (Lipinski definition) is 5. The second-order valence-electron chi connectivity index (χ2n) is 3.65. The maximum Gasteiger partial charge on any atom is 0.269 e. The topological polar surface area (TPSA) is 102 Å². The Morgan fingerprint density at radius 2 is 2.17 bits per heavy atom. The highest BCUT2D eigenvalue weighted by Crippen LogP contribution is 2.31. The van der Waals surface area contributed by atoms with Crippen LogP contribution in [0.1, 0.15) is 10.4 Å². The zero-order valence-corrected chi connectivity index (χ0v) is 9.98. The van der Waals surface area contributed by atoms with Crippen molar-refractivity contribution in [1.82, 2.24) is 4.31 Å². The predicted molar refractivity (Wildman–Crippen MR) is 60.6 cm³/mol. The molecule has 0 saturated heterocycles. The molecule has 1 aliphatic rings. The van der Waals surface area contributed by atoms with Gasteiger partial charge in [0, 0.05) is 12.1 Å². The van der Waals surface area contributed by atoms with Crippen LogP contribution in [0.5, 0.6) is 0 Å². The van der Waals surface area contributed by atoms with E-state index in [0.717, 1.165) is 6.07 Å². The summed E-state index contributed by atoms with van der Waals surface area (Å²) in [6, 6.07) is 3.40. The molecule has 2 rings (SSSR count). The molecule has 8 heteroatoms. The Morgan fingerprint density at radius 3 is 2.72 bits per heavy atom. The van der Waals surface area contributed by atoms with Gasteiger partial charge >= 0.3 is 0 Å². The van der Waals surface area contributed by atoms with E-state index in [0.29, 0.717) is 4.31 Å². The normalized spacial score (nSPS) is 18.6. The average Bonchev–Trinajstić information content (AvgIpc) is 2.51. The Kier molecular flexibility index (Phi) is 2.95. The fourth-order valence-electron chi connectivity index (χ4n) is 1.71. The van der Waals surface area contributed by atoms with Crippen LogP contribution in [0.2, 0.25) is 0 Å². The SMILES string of the molecule is C=CCN1C(=O)c2ccc([NH+]([O-])O)cc2S1(=O)=O. The molecule has 0 radical (unpaired) electrons. The number of amides is 1. The second-order valence-corrected chi connectivity index (χ2v) is 5.48. The van der Waals surface area contributed by atoms with E-state index in [1.54, 1.807) is 0 Å². The smallest absolute Gasteiger partial charge is 0.269 e. The molecular formula is C10H10N2O5S. The lowest BCUT2D eigenvalue weighted by molar-refractivity contribution is -0.991. The third-order valence-electron chi connectivity index (χ3n) is 2.55. The molecule has 2 N–H and O–H groups in total. The number of nitrogens with one attached hydrogen (secondary N) is 1. The molecule has 7 nitrogen and oxygen atoms in total. The van der Waals surface area contributed by atoms with E-state index in [4.69, 9.17) is 5.21 Å². The summed E-state index contributed by atoms with van der Waals surface area (Å²) in [6.45, 7) is 3.24. The van der Waals surface area contributed by atoms with Gasteiger partial charge in [-0.05, 0) is 6.07 Å². The monoisotopic (exact) mass is 270 g/mol. The molecule has 0 aromatic heterocycles. The fourth-order valence-corrected chi connectivity index (χ4v) is 3.27. The minimum atomic E-state index is -3.96. The first-order valence-electron chi connectivity index (χ1n) is 4.95. The maximum absolute atomic E-state index is 12.0. The van der Waals surface area contributed by atoms with Gasteiger partial charge in [-0.2, -0.15) is 5.23 Å². The largest absolute Gasteiger partial charge is 0.595 e. The zero-order valence-electron chi connectivity index (χ0n) is 9.16. The van der Waals surface area contributed by atoms with Crippen molar-refractivity contribution in [3.05, 3.63) is 41.6 Å². The number of fused-ring (bicyclic) bond motifs is 1. The summed E-state index contributed by atoms with van der Waals surface area (Å²) in [7, 11) is -3.96. The Labute approximate surface area is 103 Å². The number of carbonyl (C=O) groups excluding carboxylic acids is 1. The number of nitrogens with zero attached hydrogens (tertiary/aromatic N) is 1. The standard InChI is InChI=1S/C10H10N2O5S/c1-2-5-11-10(13)8-4-3-7(12(14)15)6-9(8)18(11,16)17/h2-4,6,12,14H,1,5H2. The molecule has 0 saturated carbocycles. The molecule has 0 aliphatic carbocycles. The van der Waals surface area contributed by atoms with Crippen LogP contribution < -0.4 is 5.23 Å². The van der Waals surface area contributed by atoms with Gasteiger partial charge in [-0.3, -0.25) is 4.79 Å². The highest BCUT2D eigenvalue weighted by molar-refractivity contribution is 7.90. The maximum atomic E-state index is 12.0. The minimum absolute atomic E-state index is 0.0122. The third-order valence-corrected chi connectivity index (χ3v) is 4.34. The number of quaternary nitrogens is 1. The van der Waals surface area contributed by atoms with Gasteiger partial charge < -0.3 is 5.21 Å². The van der Waals surface area contributed by atoms with E-state index in [1.165, 1.54) is 18.2 Å².